The molecular formula is C42H71N11O13. The summed E-state index contributed by atoms with van der Waals surface area (Å²) in [5, 5.41) is 59.4. The maximum Gasteiger partial charge on any atom is 0.320 e. The van der Waals surface area contributed by atoms with Crippen molar-refractivity contribution in [3.05, 3.63) is 83.9 Å². The largest absolute Gasteiger partial charge is 0.508 e. The molecule has 0 fully saturated rings. The predicted molar refractivity (Wildman–Crippen MR) is 247 cm³/mol. The van der Waals surface area contributed by atoms with E-state index in [2.05, 4.69) is 15.0 Å². The number of aromatic nitrogens is 2. The summed E-state index contributed by atoms with van der Waals surface area (Å²) >= 11 is 0. The van der Waals surface area contributed by atoms with Crippen LogP contribution in [-0.4, -0.2) is 130 Å². The van der Waals surface area contributed by atoms with Crippen molar-refractivity contribution in [3.63, 3.8) is 0 Å². The summed E-state index contributed by atoms with van der Waals surface area (Å²) in [4.78, 5) is 71.7. The number of guanidine groups is 1. The zero-order chi connectivity index (χ0) is 51.5. The minimum Gasteiger partial charge on any atom is -0.508 e. The molecule has 24 N–H and O–H groups in total. The van der Waals surface area contributed by atoms with Crippen molar-refractivity contribution in [1.29, 1.82) is 0 Å². The number of rotatable bonds is 20. The van der Waals surface area contributed by atoms with E-state index >= 15 is 0 Å². The third kappa shape index (κ3) is 37.8. The first kappa shape index (κ1) is 63.6. The summed E-state index contributed by atoms with van der Waals surface area (Å²) in [6.07, 6.45) is 6.05. The van der Waals surface area contributed by atoms with Gasteiger partial charge in [0, 0.05) is 24.9 Å². The van der Waals surface area contributed by atoms with Crippen molar-refractivity contribution in [2.45, 2.75) is 109 Å². The van der Waals surface area contributed by atoms with Crippen LogP contribution in [0.5, 0.6) is 5.75 Å². The highest BCUT2D eigenvalue weighted by Gasteiger charge is 2.15. The first-order chi connectivity index (χ1) is 30.6. The summed E-state index contributed by atoms with van der Waals surface area (Å²) in [6, 6.07) is 10.9. The zero-order valence-corrected chi connectivity index (χ0v) is 37.7. The third-order valence-corrected chi connectivity index (χ3v) is 8.01. The Bertz CT molecular complexity index is 1800. The van der Waals surface area contributed by atoms with E-state index in [0.29, 0.717) is 50.5 Å². The Hall–Kier alpha value is -6.70. The molecule has 0 aliphatic rings. The smallest absolute Gasteiger partial charge is 0.320 e. The van der Waals surface area contributed by atoms with Crippen LogP contribution in [0.25, 0.3) is 0 Å². The van der Waals surface area contributed by atoms with Crippen LogP contribution in [0.15, 0.2) is 72.1 Å². The van der Waals surface area contributed by atoms with E-state index < -0.39 is 72.1 Å². The maximum absolute atomic E-state index is 10.4. The summed E-state index contributed by atoms with van der Waals surface area (Å²) < 4.78 is 0. The van der Waals surface area contributed by atoms with Gasteiger partial charge in [0.15, 0.2) is 5.96 Å². The zero-order valence-electron chi connectivity index (χ0n) is 37.7. The topological polar surface area (TPSA) is 493 Å². The van der Waals surface area contributed by atoms with Crippen molar-refractivity contribution in [3.8, 4) is 5.75 Å². The fraction of sp³-hybridized carbons (Fsp3) is 0.476. The van der Waals surface area contributed by atoms with Crippen LogP contribution in [0.4, 0.5) is 0 Å². The Morgan fingerprint density at radius 2 is 0.939 bits per heavy atom. The molecule has 6 unspecified atom stereocenters. The SMILES string of the molecule is CC(C)CC(N)C(=O)O.CC(C)CC(N)C(=O)O.NC(Cc1ccc(O)cc1)C(=O)O.NC(Cc1ccccc1)C(=O)O.NC(Cc1cnc[nH]1)C(=O)O.NC(N)=NCCCC(N)C(=O)O. The molecule has 0 bridgehead atoms. The van der Waals surface area contributed by atoms with Crippen molar-refractivity contribution in [2.75, 3.05) is 6.54 Å². The summed E-state index contributed by atoms with van der Waals surface area (Å²) in [5.74, 6) is -4.92. The lowest BCUT2D eigenvalue weighted by molar-refractivity contribution is -0.139. The van der Waals surface area contributed by atoms with Gasteiger partial charge in [-0.05, 0) is 73.6 Å². The molecule has 0 saturated carbocycles. The lowest BCUT2D eigenvalue weighted by atomic mass is 10.1. The van der Waals surface area contributed by atoms with Gasteiger partial charge >= 0.3 is 35.8 Å². The molecule has 24 heteroatoms. The van der Waals surface area contributed by atoms with E-state index in [1.807, 2.05) is 58.0 Å². The molecule has 0 aliphatic carbocycles. The van der Waals surface area contributed by atoms with Crippen molar-refractivity contribution < 1.29 is 64.5 Å². The van der Waals surface area contributed by atoms with Crippen LogP contribution in [0.1, 0.15) is 70.2 Å². The molecule has 1 heterocycles. The Balaban J connectivity index is -0.000000726. The monoisotopic (exact) mass is 938 g/mol. The van der Waals surface area contributed by atoms with Crippen LogP contribution in [-0.2, 0) is 48.0 Å². The van der Waals surface area contributed by atoms with E-state index in [0.717, 1.165) is 16.8 Å². The third-order valence-electron chi connectivity index (χ3n) is 8.01. The molecule has 0 radical (unpaired) electrons. The number of aliphatic carboxylic acids is 6. The van der Waals surface area contributed by atoms with Crippen LogP contribution in [0.3, 0.4) is 0 Å². The minimum absolute atomic E-state index is 0.0129. The first-order valence-electron chi connectivity index (χ1n) is 20.4. The fourth-order valence-electron chi connectivity index (χ4n) is 4.51. The number of hydrogen-bond donors (Lipinski definition) is 16. The van der Waals surface area contributed by atoms with E-state index in [9.17, 15) is 28.8 Å². The Morgan fingerprint density at radius 3 is 1.26 bits per heavy atom. The Labute approximate surface area is 383 Å². The van der Waals surface area contributed by atoms with Gasteiger partial charge in [-0.3, -0.25) is 33.8 Å². The molecule has 24 nitrogen and oxygen atoms in total. The molecule has 0 aliphatic heterocycles. The number of aliphatic imine (C=N–C) groups is 1. The number of nitrogens with zero attached hydrogens (tertiary/aromatic N) is 2. The molecule has 1 aromatic heterocycles. The van der Waals surface area contributed by atoms with Gasteiger partial charge in [-0.2, -0.15) is 0 Å². The number of carbonyl (C=O) groups is 6. The van der Waals surface area contributed by atoms with Gasteiger partial charge in [-0.25, -0.2) is 4.98 Å². The quantitative estimate of drug-likeness (QED) is 0.0392. The van der Waals surface area contributed by atoms with E-state index in [1.165, 1.54) is 18.5 Å². The number of phenols is 1. The average molecular weight is 938 g/mol. The molecule has 3 rings (SSSR count). The standard InChI is InChI=1S/C9H11NO3.C9H11NO2.C6H14N4O2.C6H9N3O2.2C6H13NO2/c10-8(9(12)13)5-6-1-3-7(11)4-2-6;10-8(9(11)12)6-7-4-2-1-3-5-7;7-4(5(11)12)2-1-3-10-6(8)9;7-5(6(10)11)1-4-2-8-3-9-4;2*1-4(2)3-5(7)6(8)9/h1-4,8,11H,5,10H2,(H,12,13);1-5,8H,6,10H2,(H,11,12);4H,1-3,7H2,(H,11,12)(H4,8,9,10);2-3,5H,1,7H2,(H,8,9)(H,10,11);2*4-5H,3,7H2,1-2H3,(H,8,9). The minimum atomic E-state index is -1.02. The molecule has 372 valence electrons. The summed E-state index contributed by atoms with van der Waals surface area (Å²) in [6.45, 7) is 8.21. The van der Waals surface area contributed by atoms with Crippen LogP contribution < -0.4 is 45.9 Å². The highest BCUT2D eigenvalue weighted by molar-refractivity contribution is 5.76. The van der Waals surface area contributed by atoms with Gasteiger partial charge in [-0.1, -0.05) is 70.2 Å². The molecule has 6 atom stereocenters. The van der Waals surface area contributed by atoms with Gasteiger partial charge < -0.3 is 86.6 Å². The average Bonchev–Trinajstić information content (AvgIpc) is 3.74. The normalized spacial score (nSPS) is 12.8. The number of carboxylic acids is 6. The van der Waals surface area contributed by atoms with Crippen LogP contribution in [0.2, 0.25) is 0 Å². The molecule has 0 amide bonds. The summed E-state index contributed by atoms with van der Waals surface area (Å²) in [5.41, 5.74) is 44.2. The predicted octanol–water partition coefficient (Wildman–Crippen LogP) is -0.308. The molecule has 0 saturated heterocycles. The van der Waals surface area contributed by atoms with Gasteiger partial charge in [-0.15, -0.1) is 0 Å². The second-order valence-electron chi connectivity index (χ2n) is 15.2. The highest BCUT2D eigenvalue weighted by Crippen LogP contribution is 2.11. The number of aromatic hydroxyl groups is 1. The Kier molecular flexibility index (Phi) is 35.3. The number of aromatic amines is 1. The number of benzene rings is 2. The van der Waals surface area contributed by atoms with E-state index in [-0.39, 0.29) is 24.6 Å². The molecule has 66 heavy (non-hydrogen) atoms. The number of hydrogen-bond acceptors (Lipinski definition) is 15. The number of nitrogens with one attached hydrogen (secondary N) is 1. The lowest BCUT2D eigenvalue weighted by Gasteiger charge is -2.07. The molecule has 2 aromatic carbocycles. The molecule has 0 spiro atoms. The van der Waals surface area contributed by atoms with Crippen molar-refractivity contribution in [1.82, 2.24) is 9.97 Å². The van der Waals surface area contributed by atoms with Crippen molar-refractivity contribution in [2.24, 2.45) is 62.7 Å². The second-order valence-corrected chi connectivity index (χ2v) is 15.2. The highest BCUT2D eigenvalue weighted by atomic mass is 16.4. The lowest BCUT2D eigenvalue weighted by Crippen LogP contribution is -2.32. The first-order valence-corrected chi connectivity index (χ1v) is 20.4. The van der Waals surface area contributed by atoms with E-state index in [1.54, 1.807) is 18.3 Å². The number of nitrogens with two attached hydrogens (primary N) is 8. The maximum atomic E-state index is 10.4. The Morgan fingerprint density at radius 1 is 0.561 bits per heavy atom. The van der Waals surface area contributed by atoms with Gasteiger partial charge in [0.2, 0.25) is 0 Å². The van der Waals surface area contributed by atoms with Gasteiger partial charge in [0.25, 0.3) is 0 Å². The van der Waals surface area contributed by atoms with Gasteiger partial charge in [0.1, 0.15) is 42.0 Å². The number of carboxylic acid groups (broad SMARTS) is 6. The molecular weight excluding hydrogens is 867 g/mol. The number of imidazole rings is 1. The number of H-pyrrole nitrogens is 1. The summed E-state index contributed by atoms with van der Waals surface area (Å²) in [7, 11) is 0. The van der Waals surface area contributed by atoms with E-state index in [4.69, 9.17) is 81.6 Å². The van der Waals surface area contributed by atoms with Gasteiger partial charge in [0.05, 0.1) is 6.33 Å². The van der Waals surface area contributed by atoms with Crippen LogP contribution in [0, 0.1) is 11.8 Å². The fourth-order valence-corrected chi connectivity index (χ4v) is 4.51. The second kappa shape index (κ2) is 36.6. The van der Waals surface area contributed by atoms with Crippen LogP contribution >= 0.6 is 0 Å². The van der Waals surface area contributed by atoms with Crippen molar-refractivity contribution >= 4 is 41.8 Å². The number of phenolic OH excluding ortho intramolecular Hbond substituents is 1. The molecule has 3 aromatic rings.